The molecule has 1 amide bonds. The number of aromatic nitrogens is 4. The molecule has 2 aromatic heterocycles. The summed E-state index contributed by atoms with van der Waals surface area (Å²) in [7, 11) is 1.45. The van der Waals surface area contributed by atoms with Crippen LogP contribution in [0.25, 0.3) is 5.69 Å². The Hall–Kier alpha value is -3.58. The van der Waals surface area contributed by atoms with E-state index in [0.717, 1.165) is 10.8 Å². The first-order chi connectivity index (χ1) is 16.6. The summed E-state index contributed by atoms with van der Waals surface area (Å²) in [5, 5.41) is 12.4. The maximum absolute atomic E-state index is 14.5. The zero-order valence-electron chi connectivity index (χ0n) is 18.7. The van der Waals surface area contributed by atoms with Crippen LogP contribution in [-0.4, -0.2) is 44.7 Å². The number of rotatable bonds is 7. The number of thioether (sulfide) groups is 1. The average Bonchev–Trinajstić information content (AvgIpc) is 3.52. The summed E-state index contributed by atoms with van der Waals surface area (Å²) in [5.74, 6) is 5.65. The third-order valence-electron chi connectivity index (χ3n) is 5.19. The van der Waals surface area contributed by atoms with Gasteiger partial charge in [-0.3, -0.25) is 9.55 Å². The quantitative estimate of drug-likeness (QED) is 0.508. The van der Waals surface area contributed by atoms with Crippen LogP contribution < -0.4 is 10.1 Å². The molecule has 2 heterocycles. The van der Waals surface area contributed by atoms with Crippen molar-refractivity contribution in [2.75, 3.05) is 13.7 Å². The highest BCUT2D eigenvalue weighted by atomic mass is 32.2. The van der Waals surface area contributed by atoms with Crippen LogP contribution in [0.5, 0.6) is 5.75 Å². The number of halogens is 1. The molecular weight excluding hydrogens is 457 g/mol. The fourth-order valence-electron chi connectivity index (χ4n) is 3.51. The molecule has 1 aromatic carbocycles. The molecule has 3 aromatic rings. The monoisotopic (exact) mass is 481 g/mol. The molecule has 0 bridgehead atoms. The number of carbonyl (C=O) groups is 1. The number of ether oxygens (including phenoxy) is 2. The van der Waals surface area contributed by atoms with E-state index < -0.39 is 11.9 Å². The van der Waals surface area contributed by atoms with E-state index in [2.05, 4.69) is 32.3 Å². The van der Waals surface area contributed by atoms with Gasteiger partial charge in [0, 0.05) is 24.6 Å². The second kappa shape index (κ2) is 11.5. The minimum Gasteiger partial charge on any atom is -0.485 e. The molecule has 4 rings (SSSR count). The summed E-state index contributed by atoms with van der Waals surface area (Å²) >= 11 is 1.73. The van der Waals surface area contributed by atoms with Crippen LogP contribution in [0.2, 0.25) is 0 Å². The molecule has 0 unspecified atom stereocenters. The van der Waals surface area contributed by atoms with Crippen molar-refractivity contribution in [3.8, 4) is 23.3 Å². The molecule has 1 aliphatic rings. The van der Waals surface area contributed by atoms with Gasteiger partial charge >= 0.3 is 6.09 Å². The van der Waals surface area contributed by atoms with Crippen molar-refractivity contribution in [3.05, 3.63) is 59.9 Å². The zero-order valence-corrected chi connectivity index (χ0v) is 19.5. The second-order valence-corrected chi connectivity index (χ2v) is 8.80. The topological polar surface area (TPSA) is 91.2 Å². The maximum atomic E-state index is 14.5. The lowest BCUT2D eigenvalue weighted by Crippen LogP contribution is -2.19. The van der Waals surface area contributed by atoms with Gasteiger partial charge in [0.15, 0.2) is 17.6 Å². The van der Waals surface area contributed by atoms with Crippen LogP contribution in [0.15, 0.2) is 47.9 Å². The molecule has 1 fully saturated rings. The Balaban J connectivity index is 1.46. The van der Waals surface area contributed by atoms with E-state index in [0.29, 0.717) is 16.8 Å². The number of benzene rings is 1. The van der Waals surface area contributed by atoms with Gasteiger partial charge in [0.1, 0.15) is 18.2 Å². The smallest absolute Gasteiger partial charge is 0.407 e. The van der Waals surface area contributed by atoms with Crippen molar-refractivity contribution in [2.45, 2.75) is 42.7 Å². The summed E-state index contributed by atoms with van der Waals surface area (Å²) in [6.07, 6.45) is 7.69. The molecule has 0 spiro atoms. The SMILES string of the molecule is CNC(=O)OCC#Cc1ccc(OCc2nnc(SC3CCCC3)n2-c2cccnc2)cc1F. The summed E-state index contributed by atoms with van der Waals surface area (Å²) in [6.45, 7) is -0.0277. The summed E-state index contributed by atoms with van der Waals surface area (Å²) in [4.78, 5) is 15.2. The number of carbonyl (C=O) groups excluding carboxylic acids is 1. The highest BCUT2D eigenvalue weighted by Crippen LogP contribution is 2.35. The van der Waals surface area contributed by atoms with Crippen molar-refractivity contribution in [1.29, 1.82) is 0 Å². The fourth-order valence-corrected chi connectivity index (χ4v) is 4.78. The van der Waals surface area contributed by atoms with Crippen molar-refractivity contribution in [3.63, 3.8) is 0 Å². The molecule has 0 saturated heterocycles. The normalized spacial score (nSPS) is 13.2. The van der Waals surface area contributed by atoms with E-state index in [1.165, 1.54) is 44.9 Å². The van der Waals surface area contributed by atoms with Gasteiger partial charge < -0.3 is 14.8 Å². The molecule has 1 N–H and O–H groups in total. The Morgan fingerprint density at radius 3 is 2.88 bits per heavy atom. The molecule has 0 radical (unpaired) electrons. The number of hydrogen-bond donors (Lipinski definition) is 1. The van der Waals surface area contributed by atoms with Gasteiger partial charge in [-0.15, -0.1) is 10.2 Å². The third kappa shape index (κ3) is 6.05. The first-order valence-corrected chi connectivity index (χ1v) is 11.8. The fraction of sp³-hybridized carbons (Fsp3) is 0.333. The number of pyridine rings is 1. The largest absolute Gasteiger partial charge is 0.485 e. The summed E-state index contributed by atoms with van der Waals surface area (Å²) < 4.78 is 27.0. The molecule has 1 saturated carbocycles. The van der Waals surface area contributed by atoms with Gasteiger partial charge in [0.25, 0.3) is 0 Å². The summed E-state index contributed by atoms with van der Waals surface area (Å²) in [6, 6.07) is 8.22. The Kier molecular flexibility index (Phi) is 7.99. The highest BCUT2D eigenvalue weighted by Gasteiger charge is 2.22. The van der Waals surface area contributed by atoms with Crippen LogP contribution >= 0.6 is 11.8 Å². The van der Waals surface area contributed by atoms with E-state index in [9.17, 15) is 9.18 Å². The molecule has 176 valence electrons. The summed E-state index contributed by atoms with van der Waals surface area (Å²) in [5.41, 5.74) is 1.03. The standard InChI is InChI=1S/C24H24FN5O3S/c1-26-24(31)32-13-5-6-17-10-11-19(14-21(17)25)33-16-22-28-29-23(34-20-8-2-3-9-20)30(22)18-7-4-12-27-15-18/h4,7,10-12,14-15,20H,2-3,8-9,13,16H2,1H3,(H,26,31). The van der Waals surface area contributed by atoms with E-state index in [-0.39, 0.29) is 18.8 Å². The van der Waals surface area contributed by atoms with Gasteiger partial charge in [-0.2, -0.15) is 0 Å². The van der Waals surface area contributed by atoms with E-state index in [4.69, 9.17) is 9.47 Å². The molecule has 34 heavy (non-hydrogen) atoms. The number of amides is 1. The van der Waals surface area contributed by atoms with Crippen LogP contribution in [0.4, 0.5) is 9.18 Å². The van der Waals surface area contributed by atoms with E-state index >= 15 is 0 Å². The van der Waals surface area contributed by atoms with Crippen molar-refractivity contribution >= 4 is 17.9 Å². The van der Waals surface area contributed by atoms with Crippen molar-refractivity contribution in [2.24, 2.45) is 0 Å². The Bertz CT molecular complexity index is 1190. The Morgan fingerprint density at radius 2 is 2.15 bits per heavy atom. The molecular formula is C24H24FN5O3S. The molecule has 0 atom stereocenters. The van der Waals surface area contributed by atoms with Crippen LogP contribution in [0.1, 0.15) is 37.1 Å². The lowest BCUT2D eigenvalue weighted by atomic mass is 10.2. The Labute approximate surface area is 201 Å². The second-order valence-electron chi connectivity index (χ2n) is 7.53. The molecule has 10 heteroatoms. The number of hydrogen-bond acceptors (Lipinski definition) is 7. The molecule has 8 nitrogen and oxygen atoms in total. The number of alkyl carbamates (subject to hydrolysis) is 1. The van der Waals surface area contributed by atoms with Crippen molar-refractivity contribution < 1.29 is 18.7 Å². The maximum Gasteiger partial charge on any atom is 0.407 e. The number of nitrogens with one attached hydrogen (secondary N) is 1. The molecule has 0 aliphatic heterocycles. The van der Waals surface area contributed by atoms with Crippen LogP contribution in [-0.2, 0) is 11.3 Å². The Morgan fingerprint density at radius 1 is 1.29 bits per heavy atom. The number of nitrogens with zero attached hydrogens (tertiary/aromatic N) is 4. The van der Waals surface area contributed by atoms with Crippen molar-refractivity contribution in [1.82, 2.24) is 25.1 Å². The lowest BCUT2D eigenvalue weighted by molar-refractivity contribution is 0.162. The third-order valence-corrected chi connectivity index (χ3v) is 6.47. The first-order valence-electron chi connectivity index (χ1n) is 10.9. The van der Waals surface area contributed by atoms with Gasteiger partial charge in [-0.25, -0.2) is 9.18 Å². The van der Waals surface area contributed by atoms with Gasteiger partial charge in [-0.05, 0) is 37.1 Å². The zero-order chi connectivity index (χ0) is 23.8. The van der Waals surface area contributed by atoms with E-state index in [1.54, 1.807) is 30.2 Å². The predicted molar refractivity (Wildman–Crippen MR) is 125 cm³/mol. The first kappa shape index (κ1) is 23.6. The van der Waals surface area contributed by atoms with Gasteiger partial charge in [-0.1, -0.05) is 36.4 Å². The lowest BCUT2D eigenvalue weighted by Gasteiger charge is -2.13. The van der Waals surface area contributed by atoms with Gasteiger partial charge in [0.2, 0.25) is 0 Å². The average molecular weight is 482 g/mol. The van der Waals surface area contributed by atoms with Crippen LogP contribution in [0, 0.1) is 17.7 Å². The van der Waals surface area contributed by atoms with E-state index in [1.807, 2.05) is 16.7 Å². The van der Waals surface area contributed by atoms with Gasteiger partial charge in [0.05, 0.1) is 17.4 Å². The highest BCUT2D eigenvalue weighted by molar-refractivity contribution is 7.99. The minimum atomic E-state index is -0.595. The predicted octanol–water partition coefficient (Wildman–Crippen LogP) is 4.12. The minimum absolute atomic E-state index is 0.109. The van der Waals surface area contributed by atoms with Crippen LogP contribution in [0.3, 0.4) is 0 Å². The molecule has 1 aliphatic carbocycles.